The summed E-state index contributed by atoms with van der Waals surface area (Å²) in [6.07, 6.45) is 5.40. The van der Waals surface area contributed by atoms with Crippen LogP contribution in [-0.4, -0.2) is 59.2 Å². The summed E-state index contributed by atoms with van der Waals surface area (Å²) in [5.74, 6) is 0. The first-order valence-electron chi connectivity index (χ1n) is 6.69. The minimum Gasteiger partial charge on any atom is -0.314 e. The van der Waals surface area contributed by atoms with Crippen LogP contribution in [0.2, 0.25) is 0 Å². The van der Waals surface area contributed by atoms with Crippen LogP contribution in [0.15, 0.2) is 0 Å². The predicted molar refractivity (Wildman–Crippen MR) is 65.7 cm³/mol. The molecular weight excluding hydrogens is 232 g/mol. The van der Waals surface area contributed by atoms with Gasteiger partial charge in [-0.3, -0.25) is 4.90 Å². The Kier molecular flexibility index (Phi) is 2.60. The molecule has 2 saturated heterocycles. The van der Waals surface area contributed by atoms with E-state index in [1.165, 1.54) is 19.3 Å². The van der Waals surface area contributed by atoms with Gasteiger partial charge in [-0.15, -0.1) is 0 Å². The van der Waals surface area contributed by atoms with Gasteiger partial charge in [-0.1, -0.05) is 19.3 Å². The van der Waals surface area contributed by atoms with Crippen molar-refractivity contribution in [2.24, 2.45) is 0 Å². The zero-order valence-electron chi connectivity index (χ0n) is 10.9. The fraction of sp³-hybridized carbons (Fsp3) is 0.833. The van der Waals surface area contributed by atoms with Gasteiger partial charge in [-0.2, -0.15) is 0 Å². The van der Waals surface area contributed by atoms with Crippen molar-refractivity contribution in [2.75, 3.05) is 14.1 Å². The first kappa shape index (κ1) is 11.6. The minimum absolute atomic E-state index is 0.0224. The number of urea groups is 2. The van der Waals surface area contributed by atoms with Crippen molar-refractivity contribution >= 4 is 12.1 Å². The molecule has 2 atom stereocenters. The zero-order chi connectivity index (χ0) is 12.9. The number of hydrogen-bond donors (Lipinski definition) is 1. The Hall–Kier alpha value is -1.46. The van der Waals surface area contributed by atoms with E-state index in [2.05, 4.69) is 5.32 Å². The number of amides is 4. The molecule has 1 N–H and O–H groups in total. The molecule has 2 heterocycles. The van der Waals surface area contributed by atoms with Gasteiger partial charge in [-0.05, 0) is 12.8 Å². The van der Waals surface area contributed by atoms with Crippen LogP contribution < -0.4 is 5.32 Å². The second kappa shape index (κ2) is 4.03. The van der Waals surface area contributed by atoms with E-state index in [1.807, 2.05) is 4.90 Å². The molecule has 3 rings (SSSR count). The van der Waals surface area contributed by atoms with Crippen LogP contribution in [0.25, 0.3) is 0 Å². The van der Waals surface area contributed by atoms with Crippen LogP contribution in [0.3, 0.4) is 0 Å². The monoisotopic (exact) mass is 252 g/mol. The Bertz CT molecular complexity index is 380. The number of nitrogens with zero attached hydrogens (tertiary/aromatic N) is 3. The number of carbonyl (C=O) groups excluding carboxylic acids is 2. The fourth-order valence-electron chi connectivity index (χ4n) is 3.47. The number of likely N-dealkylation sites (N-methyl/N-ethyl adjacent to an activating group) is 2. The van der Waals surface area contributed by atoms with Crippen LogP contribution in [0, 0.1) is 0 Å². The fourth-order valence-corrected chi connectivity index (χ4v) is 3.47. The molecule has 4 amide bonds. The minimum atomic E-state index is -0.197. The molecule has 6 heteroatoms. The molecule has 0 aromatic heterocycles. The lowest BCUT2D eigenvalue weighted by Gasteiger charge is -2.35. The molecule has 0 radical (unpaired) electrons. The average molecular weight is 252 g/mol. The molecule has 6 nitrogen and oxygen atoms in total. The summed E-state index contributed by atoms with van der Waals surface area (Å²) < 4.78 is 0. The summed E-state index contributed by atoms with van der Waals surface area (Å²) in [6, 6.07) is 0.240. The smallest absolute Gasteiger partial charge is 0.314 e. The first-order chi connectivity index (χ1) is 8.61. The molecule has 2 aliphatic heterocycles. The van der Waals surface area contributed by atoms with Crippen molar-refractivity contribution in [3.8, 4) is 0 Å². The van der Waals surface area contributed by atoms with Crippen molar-refractivity contribution in [3.63, 3.8) is 0 Å². The maximum absolute atomic E-state index is 12.1. The van der Waals surface area contributed by atoms with Gasteiger partial charge in [-0.25, -0.2) is 9.59 Å². The third kappa shape index (κ3) is 1.47. The van der Waals surface area contributed by atoms with Crippen LogP contribution in [0.4, 0.5) is 9.59 Å². The van der Waals surface area contributed by atoms with Crippen molar-refractivity contribution in [1.82, 2.24) is 20.0 Å². The number of hydrogen-bond acceptors (Lipinski definition) is 2. The lowest BCUT2D eigenvalue weighted by molar-refractivity contribution is 0.0961. The van der Waals surface area contributed by atoms with E-state index < -0.39 is 0 Å². The highest BCUT2D eigenvalue weighted by Crippen LogP contribution is 2.32. The van der Waals surface area contributed by atoms with Crippen LogP contribution in [0.1, 0.15) is 32.1 Å². The largest absolute Gasteiger partial charge is 0.323 e. The first-order valence-corrected chi connectivity index (χ1v) is 6.69. The van der Waals surface area contributed by atoms with Crippen molar-refractivity contribution in [2.45, 2.75) is 50.5 Å². The molecule has 1 aliphatic carbocycles. The van der Waals surface area contributed by atoms with Gasteiger partial charge in [0, 0.05) is 20.1 Å². The lowest BCUT2D eigenvalue weighted by atomic mass is 9.94. The molecule has 0 aromatic carbocycles. The molecule has 0 unspecified atom stereocenters. The van der Waals surface area contributed by atoms with Gasteiger partial charge >= 0.3 is 12.1 Å². The molecule has 0 aromatic rings. The van der Waals surface area contributed by atoms with E-state index in [0.29, 0.717) is 0 Å². The van der Waals surface area contributed by atoms with Crippen LogP contribution in [-0.2, 0) is 0 Å². The highest BCUT2D eigenvalue weighted by molar-refractivity contribution is 5.84. The third-order valence-electron chi connectivity index (χ3n) is 4.46. The SMILES string of the molecule is CN1C(=O)N(C)[C@H]2NC(=O)N(C3CCCCC3)[C@H]21. The quantitative estimate of drug-likeness (QED) is 0.756. The van der Waals surface area contributed by atoms with Crippen LogP contribution >= 0.6 is 0 Å². The summed E-state index contributed by atoms with van der Waals surface area (Å²) >= 11 is 0. The molecule has 3 fully saturated rings. The summed E-state index contributed by atoms with van der Waals surface area (Å²) in [4.78, 5) is 29.3. The van der Waals surface area contributed by atoms with Gasteiger partial charge in [0.15, 0.2) is 0 Å². The maximum Gasteiger partial charge on any atom is 0.323 e. The third-order valence-corrected chi connectivity index (χ3v) is 4.46. The van der Waals surface area contributed by atoms with E-state index in [1.54, 1.807) is 23.9 Å². The maximum atomic E-state index is 12.1. The second-order valence-corrected chi connectivity index (χ2v) is 5.51. The molecule has 18 heavy (non-hydrogen) atoms. The van der Waals surface area contributed by atoms with E-state index in [-0.39, 0.29) is 30.4 Å². The van der Waals surface area contributed by atoms with Gasteiger partial charge in [0.1, 0.15) is 12.3 Å². The highest BCUT2D eigenvalue weighted by atomic mass is 16.2. The topological polar surface area (TPSA) is 55.9 Å². The Morgan fingerprint density at radius 2 is 1.72 bits per heavy atom. The van der Waals surface area contributed by atoms with Gasteiger partial charge in [0.05, 0.1) is 0 Å². The Balaban J connectivity index is 1.85. The number of nitrogens with one attached hydrogen (secondary N) is 1. The molecule has 1 saturated carbocycles. The number of rotatable bonds is 1. The van der Waals surface area contributed by atoms with E-state index in [4.69, 9.17) is 0 Å². The van der Waals surface area contributed by atoms with Gasteiger partial charge < -0.3 is 15.1 Å². The Morgan fingerprint density at radius 1 is 1.06 bits per heavy atom. The average Bonchev–Trinajstić information content (AvgIpc) is 2.82. The molecule has 0 spiro atoms. The Morgan fingerprint density at radius 3 is 2.39 bits per heavy atom. The number of fused-ring (bicyclic) bond motifs is 1. The summed E-state index contributed by atoms with van der Waals surface area (Å²) in [6.45, 7) is 0. The number of carbonyl (C=O) groups is 2. The van der Waals surface area contributed by atoms with Crippen molar-refractivity contribution in [3.05, 3.63) is 0 Å². The summed E-state index contributed by atoms with van der Waals surface area (Å²) in [7, 11) is 3.52. The second-order valence-electron chi connectivity index (χ2n) is 5.51. The zero-order valence-corrected chi connectivity index (χ0v) is 10.9. The molecule has 100 valence electrons. The van der Waals surface area contributed by atoms with Crippen LogP contribution in [0.5, 0.6) is 0 Å². The molecule has 3 aliphatic rings. The van der Waals surface area contributed by atoms with E-state index in [0.717, 1.165) is 12.8 Å². The Labute approximate surface area is 107 Å². The molecular formula is C12H20N4O2. The summed E-state index contributed by atoms with van der Waals surface area (Å²) in [5.41, 5.74) is 0. The van der Waals surface area contributed by atoms with E-state index >= 15 is 0 Å². The van der Waals surface area contributed by atoms with Gasteiger partial charge in [0.2, 0.25) is 0 Å². The van der Waals surface area contributed by atoms with E-state index in [9.17, 15) is 9.59 Å². The normalized spacial score (nSPS) is 33.1. The summed E-state index contributed by atoms with van der Waals surface area (Å²) in [5, 5.41) is 2.92. The highest BCUT2D eigenvalue weighted by Gasteiger charge is 2.54. The predicted octanol–water partition coefficient (Wildman–Crippen LogP) is 0.994. The van der Waals surface area contributed by atoms with Gasteiger partial charge in [0.25, 0.3) is 0 Å². The standard InChI is InChI=1S/C12H20N4O2/c1-14-9-10(15(2)12(14)18)16(11(17)13-9)8-6-4-3-5-7-8/h8-10H,3-7H2,1-2H3,(H,13,17)/t9-,10-/m1/s1. The molecule has 0 bridgehead atoms. The van der Waals surface area contributed by atoms with Crippen molar-refractivity contribution < 1.29 is 9.59 Å². The lowest BCUT2D eigenvalue weighted by Crippen LogP contribution is -2.50. The van der Waals surface area contributed by atoms with Crippen molar-refractivity contribution in [1.29, 1.82) is 0 Å².